The molecule has 1 unspecified atom stereocenters. The fourth-order valence-corrected chi connectivity index (χ4v) is 1.44. The molecular weight excluding hydrogens is 170 g/mol. The molecule has 1 fully saturated rings. The summed E-state index contributed by atoms with van der Waals surface area (Å²) in [6.07, 6.45) is 1.06. The zero-order chi connectivity index (χ0) is 9.68. The standard InChI is InChI=1S/C8H17N3O2/c9-7(8(12)13)6-11-4-1-2-10-3-5-11/h7,10H,1-6,9H2,(H,12,13). The molecule has 1 atom stereocenters. The highest BCUT2D eigenvalue weighted by Gasteiger charge is 2.16. The molecule has 0 bridgehead atoms. The van der Waals surface area contributed by atoms with Crippen molar-refractivity contribution in [2.24, 2.45) is 5.73 Å². The van der Waals surface area contributed by atoms with Gasteiger partial charge in [0.05, 0.1) is 0 Å². The number of nitrogens with zero attached hydrogens (tertiary/aromatic N) is 1. The summed E-state index contributed by atoms with van der Waals surface area (Å²) in [6.45, 7) is 4.22. The molecule has 1 saturated heterocycles. The number of hydrogen-bond donors (Lipinski definition) is 3. The third kappa shape index (κ3) is 3.71. The zero-order valence-electron chi connectivity index (χ0n) is 7.70. The van der Waals surface area contributed by atoms with Gasteiger partial charge in [-0.15, -0.1) is 0 Å². The fourth-order valence-electron chi connectivity index (χ4n) is 1.44. The van der Waals surface area contributed by atoms with E-state index in [0.717, 1.165) is 32.6 Å². The van der Waals surface area contributed by atoms with E-state index in [1.165, 1.54) is 0 Å². The molecule has 0 amide bonds. The Morgan fingerprint density at radius 3 is 3.00 bits per heavy atom. The maximum absolute atomic E-state index is 10.5. The first-order valence-corrected chi connectivity index (χ1v) is 4.61. The van der Waals surface area contributed by atoms with E-state index in [9.17, 15) is 4.79 Å². The van der Waals surface area contributed by atoms with Crippen molar-refractivity contribution in [2.45, 2.75) is 12.5 Å². The van der Waals surface area contributed by atoms with Crippen molar-refractivity contribution in [3.63, 3.8) is 0 Å². The maximum Gasteiger partial charge on any atom is 0.321 e. The minimum absolute atomic E-state index is 0.455. The summed E-state index contributed by atoms with van der Waals surface area (Å²) in [4.78, 5) is 12.6. The summed E-state index contributed by atoms with van der Waals surface area (Å²) in [5.41, 5.74) is 5.44. The molecule has 0 saturated carbocycles. The molecule has 1 aliphatic heterocycles. The van der Waals surface area contributed by atoms with E-state index in [1.54, 1.807) is 0 Å². The smallest absolute Gasteiger partial charge is 0.321 e. The number of carboxylic acid groups (broad SMARTS) is 1. The summed E-state index contributed by atoms with van der Waals surface area (Å²) in [5, 5.41) is 11.9. The number of carbonyl (C=O) groups is 1. The Kier molecular flexibility index (Phi) is 4.14. The van der Waals surface area contributed by atoms with Gasteiger partial charge in [-0.3, -0.25) is 9.69 Å². The van der Waals surface area contributed by atoms with Crippen molar-refractivity contribution in [2.75, 3.05) is 32.7 Å². The lowest BCUT2D eigenvalue weighted by molar-refractivity contribution is -0.139. The second kappa shape index (κ2) is 5.16. The lowest BCUT2D eigenvalue weighted by Gasteiger charge is -2.21. The molecule has 13 heavy (non-hydrogen) atoms. The molecule has 0 radical (unpaired) electrons. The molecule has 5 heteroatoms. The second-order valence-corrected chi connectivity index (χ2v) is 3.35. The molecule has 0 aromatic heterocycles. The van der Waals surface area contributed by atoms with E-state index < -0.39 is 12.0 Å². The van der Waals surface area contributed by atoms with Crippen molar-refractivity contribution in [1.82, 2.24) is 10.2 Å². The van der Waals surface area contributed by atoms with Gasteiger partial charge in [0.2, 0.25) is 0 Å². The van der Waals surface area contributed by atoms with Gasteiger partial charge in [0.15, 0.2) is 0 Å². The third-order valence-electron chi connectivity index (χ3n) is 2.20. The van der Waals surface area contributed by atoms with Gasteiger partial charge < -0.3 is 16.2 Å². The molecule has 0 aromatic rings. The van der Waals surface area contributed by atoms with Gasteiger partial charge in [0, 0.05) is 19.6 Å². The molecule has 0 spiro atoms. The van der Waals surface area contributed by atoms with Crippen molar-refractivity contribution >= 4 is 5.97 Å². The topological polar surface area (TPSA) is 78.6 Å². The van der Waals surface area contributed by atoms with Gasteiger partial charge in [-0.25, -0.2) is 0 Å². The Labute approximate surface area is 77.9 Å². The largest absolute Gasteiger partial charge is 0.480 e. The minimum Gasteiger partial charge on any atom is -0.480 e. The monoisotopic (exact) mass is 187 g/mol. The van der Waals surface area contributed by atoms with Crippen molar-refractivity contribution in [1.29, 1.82) is 0 Å². The van der Waals surface area contributed by atoms with E-state index in [2.05, 4.69) is 10.2 Å². The maximum atomic E-state index is 10.5. The molecule has 0 aromatic carbocycles. The van der Waals surface area contributed by atoms with Gasteiger partial charge in [-0.2, -0.15) is 0 Å². The van der Waals surface area contributed by atoms with Gasteiger partial charge in [-0.1, -0.05) is 0 Å². The average Bonchev–Trinajstić information content (AvgIpc) is 2.32. The SMILES string of the molecule is NC(CN1CCCNCC1)C(=O)O. The predicted octanol–water partition coefficient (Wildman–Crippen LogP) is -1.31. The lowest BCUT2D eigenvalue weighted by atomic mass is 10.3. The van der Waals surface area contributed by atoms with Crippen molar-refractivity contribution in [3.8, 4) is 0 Å². The summed E-state index contributed by atoms with van der Waals surface area (Å²) < 4.78 is 0. The first kappa shape index (κ1) is 10.4. The van der Waals surface area contributed by atoms with Crippen LogP contribution in [0.15, 0.2) is 0 Å². The van der Waals surface area contributed by atoms with Crippen molar-refractivity contribution in [3.05, 3.63) is 0 Å². The Balaban J connectivity index is 2.29. The summed E-state index contributed by atoms with van der Waals surface area (Å²) in [7, 11) is 0. The van der Waals surface area contributed by atoms with E-state index in [-0.39, 0.29) is 0 Å². The van der Waals surface area contributed by atoms with E-state index >= 15 is 0 Å². The molecule has 1 heterocycles. The van der Waals surface area contributed by atoms with E-state index in [4.69, 9.17) is 10.8 Å². The number of hydrogen-bond acceptors (Lipinski definition) is 4. The predicted molar refractivity (Wildman–Crippen MR) is 49.5 cm³/mol. The summed E-state index contributed by atoms with van der Waals surface area (Å²) in [6, 6.07) is -0.752. The molecule has 0 aliphatic carbocycles. The van der Waals surface area contributed by atoms with Gasteiger partial charge in [-0.05, 0) is 19.5 Å². The quantitative estimate of drug-likeness (QED) is 0.511. The third-order valence-corrected chi connectivity index (χ3v) is 2.20. The molecule has 5 nitrogen and oxygen atoms in total. The molecule has 4 N–H and O–H groups in total. The minimum atomic E-state index is -0.919. The van der Waals surface area contributed by atoms with Gasteiger partial charge >= 0.3 is 5.97 Å². The highest BCUT2D eigenvalue weighted by Crippen LogP contribution is 1.96. The second-order valence-electron chi connectivity index (χ2n) is 3.35. The number of nitrogens with two attached hydrogens (primary N) is 1. The highest BCUT2D eigenvalue weighted by atomic mass is 16.4. The van der Waals surface area contributed by atoms with Crippen LogP contribution in [-0.2, 0) is 4.79 Å². The molecule has 76 valence electrons. The van der Waals surface area contributed by atoms with Crippen LogP contribution in [0.2, 0.25) is 0 Å². The van der Waals surface area contributed by atoms with Crippen LogP contribution in [0, 0.1) is 0 Å². The Hall–Kier alpha value is -0.650. The highest BCUT2D eigenvalue weighted by molar-refractivity contribution is 5.73. The number of nitrogens with one attached hydrogen (secondary N) is 1. The summed E-state index contributed by atoms with van der Waals surface area (Å²) >= 11 is 0. The first-order chi connectivity index (χ1) is 6.20. The van der Waals surface area contributed by atoms with Crippen molar-refractivity contribution < 1.29 is 9.90 Å². The number of rotatable bonds is 3. The number of carboxylic acids is 1. The van der Waals surface area contributed by atoms with Crippen LogP contribution < -0.4 is 11.1 Å². The zero-order valence-corrected chi connectivity index (χ0v) is 7.70. The van der Waals surface area contributed by atoms with Crippen LogP contribution in [0.1, 0.15) is 6.42 Å². The average molecular weight is 187 g/mol. The normalized spacial score (nSPS) is 22.2. The molecule has 1 rings (SSSR count). The lowest BCUT2D eigenvalue weighted by Crippen LogP contribution is -2.43. The Morgan fingerprint density at radius 1 is 1.54 bits per heavy atom. The van der Waals surface area contributed by atoms with Crippen LogP contribution in [0.5, 0.6) is 0 Å². The van der Waals surface area contributed by atoms with Gasteiger partial charge in [0.25, 0.3) is 0 Å². The van der Waals surface area contributed by atoms with Crippen LogP contribution in [0.4, 0.5) is 0 Å². The van der Waals surface area contributed by atoms with Gasteiger partial charge in [0.1, 0.15) is 6.04 Å². The first-order valence-electron chi connectivity index (χ1n) is 4.61. The van der Waals surface area contributed by atoms with E-state index in [1.807, 2.05) is 0 Å². The Bertz CT molecular complexity index is 167. The van der Waals surface area contributed by atoms with Crippen LogP contribution >= 0.6 is 0 Å². The van der Waals surface area contributed by atoms with Crippen LogP contribution in [-0.4, -0.2) is 54.7 Å². The summed E-state index contributed by atoms with van der Waals surface area (Å²) in [5.74, 6) is -0.919. The fraction of sp³-hybridized carbons (Fsp3) is 0.875. The van der Waals surface area contributed by atoms with E-state index in [0.29, 0.717) is 6.54 Å². The molecule has 1 aliphatic rings. The Morgan fingerprint density at radius 2 is 2.31 bits per heavy atom. The number of aliphatic carboxylic acids is 1. The van der Waals surface area contributed by atoms with Crippen LogP contribution in [0.25, 0.3) is 0 Å². The van der Waals surface area contributed by atoms with Crippen LogP contribution in [0.3, 0.4) is 0 Å². The molecular formula is C8H17N3O2.